The Morgan fingerprint density at radius 1 is 1.10 bits per heavy atom. The van der Waals surface area contributed by atoms with Crippen LogP contribution in [0.15, 0.2) is 0 Å². The fourth-order valence-corrected chi connectivity index (χ4v) is 2.77. The van der Waals surface area contributed by atoms with Crippen LogP contribution in [0, 0.1) is 0 Å². The Morgan fingerprint density at radius 2 is 1.60 bits per heavy atom. The molecule has 0 spiro atoms. The summed E-state index contributed by atoms with van der Waals surface area (Å²) in [6, 6.07) is 1.50. The van der Waals surface area contributed by atoms with E-state index in [-0.39, 0.29) is 0 Å². The maximum atomic E-state index is 2.42. The lowest BCUT2D eigenvalue weighted by Gasteiger charge is -2.13. The summed E-state index contributed by atoms with van der Waals surface area (Å²) in [4.78, 5) is 0. The molecule has 0 heterocycles. The van der Waals surface area contributed by atoms with Crippen molar-refractivity contribution in [3.05, 3.63) is 0 Å². The third-order valence-corrected chi connectivity index (χ3v) is 4.48. The predicted octanol–water partition coefficient (Wildman–Crippen LogP) is 3.19. The van der Waals surface area contributed by atoms with Crippen molar-refractivity contribution in [3.63, 3.8) is 0 Å². The van der Waals surface area contributed by atoms with Crippen LogP contribution >= 0.6 is 7.92 Å². The predicted molar refractivity (Wildman–Crippen MR) is 55.0 cm³/mol. The fraction of sp³-hybridized carbons (Fsp3) is 1.00. The van der Waals surface area contributed by atoms with Crippen LogP contribution in [0.1, 0.15) is 20.8 Å². The lowest BCUT2D eigenvalue weighted by molar-refractivity contribution is 1.30. The molecule has 0 aromatic carbocycles. The summed E-state index contributed by atoms with van der Waals surface area (Å²) in [6.07, 6.45) is 4.16. The Labute approximate surface area is 67.6 Å². The zero-order chi connectivity index (χ0) is 7.98. The standard InChI is InChI=1S/C8H20BP/c1-5-9(6-2)8-10(4)7-3/h5-8H2,1-4H3. The molecule has 0 fully saturated rings. The van der Waals surface area contributed by atoms with Gasteiger partial charge in [-0.25, -0.2) is 0 Å². The SMILES string of the molecule is CCB(CC)CP(C)CC. The summed E-state index contributed by atoms with van der Waals surface area (Å²) in [5.41, 5.74) is 0. The van der Waals surface area contributed by atoms with Gasteiger partial charge in [-0.2, -0.15) is 0 Å². The smallest absolute Gasteiger partial charge is 0.118 e. The average molecular weight is 158 g/mol. The highest BCUT2D eigenvalue weighted by atomic mass is 31.1. The summed E-state index contributed by atoms with van der Waals surface area (Å²) in [5.74, 6) is 0. The van der Waals surface area contributed by atoms with Gasteiger partial charge in [0.2, 0.25) is 0 Å². The van der Waals surface area contributed by atoms with Gasteiger partial charge in [0.05, 0.1) is 0 Å². The van der Waals surface area contributed by atoms with Crippen molar-refractivity contribution in [3.8, 4) is 0 Å². The highest BCUT2D eigenvalue weighted by molar-refractivity contribution is 7.59. The normalized spacial score (nSPS) is 13.2. The molecule has 0 aliphatic rings. The maximum Gasteiger partial charge on any atom is 0.143 e. The van der Waals surface area contributed by atoms with Crippen LogP contribution in [0.3, 0.4) is 0 Å². The van der Waals surface area contributed by atoms with Crippen molar-refractivity contribution < 1.29 is 0 Å². The van der Waals surface area contributed by atoms with Gasteiger partial charge in [-0.05, 0) is 12.8 Å². The third kappa shape index (κ3) is 4.33. The molecule has 0 aromatic heterocycles. The monoisotopic (exact) mass is 158 g/mol. The lowest BCUT2D eigenvalue weighted by atomic mass is 9.48. The molecule has 0 aliphatic heterocycles. The van der Waals surface area contributed by atoms with E-state index in [1.54, 1.807) is 0 Å². The second-order valence-electron chi connectivity index (χ2n) is 3.04. The van der Waals surface area contributed by atoms with Crippen LogP contribution in [-0.4, -0.2) is 25.6 Å². The van der Waals surface area contributed by atoms with Crippen molar-refractivity contribution in [1.82, 2.24) is 0 Å². The van der Waals surface area contributed by atoms with Gasteiger partial charge < -0.3 is 0 Å². The summed E-state index contributed by atoms with van der Waals surface area (Å²) >= 11 is 0. The van der Waals surface area contributed by atoms with E-state index in [2.05, 4.69) is 27.4 Å². The van der Waals surface area contributed by atoms with Crippen molar-refractivity contribution >= 4 is 14.6 Å². The minimum Gasteiger partial charge on any atom is -0.118 e. The zero-order valence-electron chi connectivity index (χ0n) is 7.85. The molecule has 1 atom stereocenters. The molecule has 2 heteroatoms. The molecule has 0 bridgehead atoms. The van der Waals surface area contributed by atoms with Gasteiger partial charge >= 0.3 is 0 Å². The molecule has 0 saturated carbocycles. The maximum absolute atomic E-state index is 2.42. The van der Waals surface area contributed by atoms with E-state index in [0.29, 0.717) is 7.92 Å². The van der Waals surface area contributed by atoms with Crippen LogP contribution in [0.2, 0.25) is 12.6 Å². The molecule has 1 unspecified atom stereocenters. The van der Waals surface area contributed by atoms with Crippen molar-refractivity contribution in [2.24, 2.45) is 0 Å². The van der Waals surface area contributed by atoms with Crippen LogP contribution in [0.25, 0.3) is 0 Å². The highest BCUT2D eigenvalue weighted by Gasteiger charge is 2.10. The topological polar surface area (TPSA) is 0 Å². The van der Waals surface area contributed by atoms with E-state index in [9.17, 15) is 0 Å². The van der Waals surface area contributed by atoms with Crippen LogP contribution in [-0.2, 0) is 0 Å². The Morgan fingerprint density at radius 3 is 1.90 bits per heavy atom. The van der Waals surface area contributed by atoms with Gasteiger partial charge in [-0.15, -0.1) is 7.92 Å². The van der Waals surface area contributed by atoms with Gasteiger partial charge in [0, 0.05) is 0 Å². The number of rotatable bonds is 5. The van der Waals surface area contributed by atoms with Gasteiger partial charge in [-0.1, -0.05) is 39.5 Å². The largest absolute Gasteiger partial charge is 0.143 e. The Kier molecular flexibility index (Phi) is 6.53. The molecule has 0 amide bonds. The van der Waals surface area contributed by atoms with E-state index in [1.165, 1.54) is 24.9 Å². The first-order valence-corrected chi connectivity index (χ1v) is 6.59. The molecule has 0 rings (SSSR count). The minimum atomic E-state index is 0.371. The second-order valence-corrected chi connectivity index (χ2v) is 5.75. The second kappa shape index (κ2) is 6.22. The van der Waals surface area contributed by atoms with Crippen molar-refractivity contribution in [1.29, 1.82) is 0 Å². The van der Waals surface area contributed by atoms with E-state index < -0.39 is 0 Å². The first kappa shape index (κ1) is 10.5. The van der Waals surface area contributed by atoms with Crippen LogP contribution in [0.4, 0.5) is 0 Å². The van der Waals surface area contributed by atoms with Gasteiger partial charge in [0.15, 0.2) is 0 Å². The minimum absolute atomic E-state index is 0.371. The molecule has 0 nitrogen and oxygen atoms in total. The molecule has 0 N–H and O–H groups in total. The fourth-order valence-electron chi connectivity index (χ4n) is 1.12. The molecule has 0 aromatic rings. The zero-order valence-corrected chi connectivity index (χ0v) is 8.75. The first-order valence-electron chi connectivity index (χ1n) is 4.43. The first-order chi connectivity index (χ1) is 4.74. The average Bonchev–Trinajstić information content (AvgIpc) is 1.99. The van der Waals surface area contributed by atoms with Crippen LogP contribution < -0.4 is 0 Å². The molecule has 0 saturated heterocycles. The van der Waals surface area contributed by atoms with Crippen LogP contribution in [0.5, 0.6) is 0 Å². The van der Waals surface area contributed by atoms with E-state index >= 15 is 0 Å². The highest BCUT2D eigenvalue weighted by Crippen LogP contribution is 2.31. The summed E-state index contributed by atoms with van der Waals surface area (Å²) in [7, 11) is 0.371. The number of hydrogen-bond donors (Lipinski definition) is 0. The summed E-state index contributed by atoms with van der Waals surface area (Å²) < 4.78 is 0. The lowest BCUT2D eigenvalue weighted by Crippen LogP contribution is -2.14. The van der Waals surface area contributed by atoms with Gasteiger partial charge in [0.1, 0.15) is 6.71 Å². The summed E-state index contributed by atoms with van der Waals surface area (Å²) in [5, 5.41) is 0. The van der Waals surface area contributed by atoms with Crippen molar-refractivity contribution in [2.75, 3.05) is 18.9 Å². The van der Waals surface area contributed by atoms with E-state index in [0.717, 1.165) is 6.71 Å². The molecule has 60 valence electrons. The van der Waals surface area contributed by atoms with Crippen molar-refractivity contribution in [2.45, 2.75) is 33.4 Å². The molecular formula is C8H20BP. The van der Waals surface area contributed by atoms with Gasteiger partial charge in [0.25, 0.3) is 0 Å². The van der Waals surface area contributed by atoms with E-state index in [4.69, 9.17) is 0 Å². The Balaban J connectivity index is 3.41. The van der Waals surface area contributed by atoms with E-state index in [1.807, 2.05) is 0 Å². The third-order valence-electron chi connectivity index (χ3n) is 2.26. The quantitative estimate of drug-likeness (QED) is 0.425. The summed E-state index contributed by atoms with van der Waals surface area (Å²) in [6.45, 7) is 10.4. The molecule has 0 radical (unpaired) electrons. The molecule has 10 heavy (non-hydrogen) atoms. The molecular weight excluding hydrogens is 138 g/mol. The Bertz CT molecular complexity index is 71.7. The molecule has 0 aliphatic carbocycles. The Hall–Kier alpha value is 0.495. The van der Waals surface area contributed by atoms with Gasteiger partial charge in [-0.3, -0.25) is 0 Å². The number of hydrogen-bond acceptors (Lipinski definition) is 0.